The number of carbonyl (C=O) groups is 1. The molecule has 1 fully saturated rings. The van der Waals surface area contributed by atoms with Crippen LogP contribution < -0.4 is 5.32 Å². The van der Waals surface area contributed by atoms with Crippen LogP contribution in [0.2, 0.25) is 0 Å². The van der Waals surface area contributed by atoms with Crippen molar-refractivity contribution in [3.05, 3.63) is 35.9 Å². The molecular formula is C15H21NO. The highest BCUT2D eigenvalue weighted by Gasteiger charge is 2.45. The molecule has 0 unspecified atom stereocenters. The van der Waals surface area contributed by atoms with Gasteiger partial charge in [0.2, 0.25) is 5.91 Å². The van der Waals surface area contributed by atoms with Gasteiger partial charge in [-0.1, -0.05) is 44.2 Å². The van der Waals surface area contributed by atoms with Gasteiger partial charge < -0.3 is 5.32 Å². The second-order valence-electron chi connectivity index (χ2n) is 4.95. The third-order valence-corrected chi connectivity index (χ3v) is 3.80. The van der Waals surface area contributed by atoms with Gasteiger partial charge >= 0.3 is 0 Å². The van der Waals surface area contributed by atoms with Gasteiger partial charge in [0.25, 0.3) is 0 Å². The maximum Gasteiger partial charge on any atom is 0.223 e. The minimum atomic E-state index is -0.0546. The van der Waals surface area contributed by atoms with Crippen LogP contribution in [-0.2, 0) is 10.3 Å². The van der Waals surface area contributed by atoms with Crippen LogP contribution in [0.25, 0.3) is 0 Å². The topological polar surface area (TPSA) is 29.1 Å². The summed E-state index contributed by atoms with van der Waals surface area (Å²) in [6.45, 7) is 4.16. The van der Waals surface area contributed by atoms with Gasteiger partial charge in [-0.15, -0.1) is 0 Å². The van der Waals surface area contributed by atoms with Crippen molar-refractivity contribution < 1.29 is 4.79 Å². The lowest BCUT2D eigenvalue weighted by Gasteiger charge is -2.21. The second kappa shape index (κ2) is 4.91. The number of benzene rings is 1. The molecule has 2 heteroatoms. The van der Waals surface area contributed by atoms with E-state index in [1.807, 2.05) is 18.2 Å². The predicted octanol–water partition coefficient (Wildman–Crippen LogP) is 3.23. The first-order chi connectivity index (χ1) is 8.22. The molecule has 2 rings (SSSR count). The number of carbonyl (C=O) groups excluding carboxylic acids is 1. The Morgan fingerprint density at radius 1 is 1.24 bits per heavy atom. The molecule has 2 nitrogen and oxygen atoms in total. The summed E-state index contributed by atoms with van der Waals surface area (Å²) in [7, 11) is 0. The molecule has 1 saturated carbocycles. The smallest absolute Gasteiger partial charge is 0.223 e. The highest BCUT2D eigenvalue weighted by Crippen LogP contribution is 2.45. The van der Waals surface area contributed by atoms with E-state index in [-0.39, 0.29) is 17.4 Å². The Kier molecular flexibility index (Phi) is 3.51. The Labute approximate surface area is 103 Å². The quantitative estimate of drug-likeness (QED) is 0.828. The van der Waals surface area contributed by atoms with Gasteiger partial charge in [-0.2, -0.15) is 0 Å². The van der Waals surface area contributed by atoms with Gasteiger partial charge in [0.1, 0.15) is 0 Å². The van der Waals surface area contributed by atoms with E-state index in [1.54, 1.807) is 0 Å². The summed E-state index contributed by atoms with van der Waals surface area (Å²) in [6.07, 6.45) is 3.99. The van der Waals surface area contributed by atoms with E-state index >= 15 is 0 Å². The van der Waals surface area contributed by atoms with Gasteiger partial charge in [0.15, 0.2) is 0 Å². The van der Waals surface area contributed by atoms with Crippen molar-refractivity contribution >= 4 is 5.91 Å². The first-order valence-electron chi connectivity index (χ1n) is 6.59. The fourth-order valence-corrected chi connectivity index (χ4v) is 2.37. The van der Waals surface area contributed by atoms with Gasteiger partial charge in [0, 0.05) is 5.92 Å². The first-order valence-corrected chi connectivity index (χ1v) is 6.59. The van der Waals surface area contributed by atoms with E-state index in [9.17, 15) is 4.79 Å². The van der Waals surface area contributed by atoms with E-state index in [0.717, 1.165) is 25.7 Å². The van der Waals surface area contributed by atoms with Crippen LogP contribution in [0.3, 0.4) is 0 Å². The first kappa shape index (κ1) is 12.2. The van der Waals surface area contributed by atoms with Crippen LogP contribution in [0.5, 0.6) is 0 Å². The highest BCUT2D eigenvalue weighted by atomic mass is 16.2. The number of amides is 1. The summed E-state index contributed by atoms with van der Waals surface area (Å²) in [5.74, 6) is 0.382. The zero-order chi connectivity index (χ0) is 12.3. The lowest BCUT2D eigenvalue weighted by atomic mass is 9.99. The zero-order valence-corrected chi connectivity index (χ0v) is 10.7. The van der Waals surface area contributed by atoms with E-state index in [1.165, 1.54) is 5.56 Å². The summed E-state index contributed by atoms with van der Waals surface area (Å²) in [4.78, 5) is 12.1. The maximum absolute atomic E-state index is 12.1. The summed E-state index contributed by atoms with van der Waals surface area (Å²) in [5.41, 5.74) is 1.19. The molecule has 92 valence electrons. The van der Waals surface area contributed by atoms with Gasteiger partial charge in [-0.25, -0.2) is 0 Å². The fraction of sp³-hybridized carbons (Fsp3) is 0.533. The molecule has 1 amide bonds. The number of nitrogens with one attached hydrogen (secondary N) is 1. The fourth-order valence-electron chi connectivity index (χ4n) is 2.37. The molecule has 0 heterocycles. The molecule has 1 aliphatic rings. The van der Waals surface area contributed by atoms with Gasteiger partial charge in [-0.3, -0.25) is 4.79 Å². The van der Waals surface area contributed by atoms with Crippen molar-refractivity contribution in [1.29, 1.82) is 0 Å². The maximum atomic E-state index is 12.1. The van der Waals surface area contributed by atoms with Crippen LogP contribution in [-0.4, -0.2) is 5.91 Å². The zero-order valence-electron chi connectivity index (χ0n) is 10.7. The van der Waals surface area contributed by atoms with Crippen LogP contribution in [0, 0.1) is 5.92 Å². The summed E-state index contributed by atoms with van der Waals surface area (Å²) in [5, 5.41) is 3.25. The monoisotopic (exact) mass is 231 g/mol. The highest BCUT2D eigenvalue weighted by molar-refractivity contribution is 5.80. The molecular weight excluding hydrogens is 210 g/mol. The standard InChI is InChI=1S/C15H21NO/c1-3-12(4-2)14(17)16-15(10-11-15)13-8-6-5-7-9-13/h5-9,12H,3-4,10-11H2,1-2H3,(H,16,17). The summed E-state index contributed by atoms with van der Waals surface area (Å²) < 4.78 is 0. The largest absolute Gasteiger partial charge is 0.346 e. The van der Waals surface area contributed by atoms with Crippen molar-refractivity contribution in [3.63, 3.8) is 0 Å². The molecule has 1 aromatic rings. The molecule has 0 aromatic heterocycles. The van der Waals surface area contributed by atoms with Gasteiger partial charge in [-0.05, 0) is 31.2 Å². The molecule has 0 aliphatic heterocycles. The number of hydrogen-bond donors (Lipinski definition) is 1. The van der Waals surface area contributed by atoms with Gasteiger partial charge in [0.05, 0.1) is 5.54 Å². The molecule has 0 radical (unpaired) electrons. The molecule has 0 bridgehead atoms. The third-order valence-electron chi connectivity index (χ3n) is 3.80. The molecule has 0 saturated heterocycles. The van der Waals surface area contributed by atoms with Crippen molar-refractivity contribution in [2.24, 2.45) is 5.92 Å². The van der Waals surface area contributed by atoms with Crippen molar-refractivity contribution in [3.8, 4) is 0 Å². The molecule has 1 N–H and O–H groups in total. The Hall–Kier alpha value is -1.31. The van der Waals surface area contributed by atoms with Crippen LogP contribution in [0.1, 0.15) is 45.1 Å². The Morgan fingerprint density at radius 2 is 1.82 bits per heavy atom. The van der Waals surface area contributed by atoms with Crippen LogP contribution in [0.4, 0.5) is 0 Å². The number of rotatable bonds is 5. The molecule has 1 aromatic carbocycles. The van der Waals surface area contributed by atoms with Crippen LogP contribution >= 0.6 is 0 Å². The van der Waals surface area contributed by atoms with Crippen molar-refractivity contribution in [2.75, 3.05) is 0 Å². The Morgan fingerprint density at radius 3 is 2.29 bits per heavy atom. The normalized spacial score (nSPS) is 16.9. The minimum Gasteiger partial charge on any atom is -0.346 e. The third kappa shape index (κ3) is 2.51. The molecule has 0 spiro atoms. The Balaban J connectivity index is 2.06. The average molecular weight is 231 g/mol. The van der Waals surface area contributed by atoms with E-state index < -0.39 is 0 Å². The SMILES string of the molecule is CCC(CC)C(=O)NC1(c2ccccc2)CC1. The lowest BCUT2D eigenvalue weighted by molar-refractivity contribution is -0.126. The van der Waals surface area contributed by atoms with Crippen molar-refractivity contribution in [2.45, 2.75) is 45.1 Å². The van der Waals surface area contributed by atoms with E-state index in [2.05, 4.69) is 31.3 Å². The molecule has 1 aliphatic carbocycles. The van der Waals surface area contributed by atoms with E-state index in [4.69, 9.17) is 0 Å². The minimum absolute atomic E-state index is 0.0546. The summed E-state index contributed by atoms with van der Waals surface area (Å²) >= 11 is 0. The molecule has 17 heavy (non-hydrogen) atoms. The second-order valence-corrected chi connectivity index (χ2v) is 4.95. The summed E-state index contributed by atoms with van der Waals surface area (Å²) in [6, 6.07) is 10.3. The predicted molar refractivity (Wildman–Crippen MR) is 69.6 cm³/mol. The average Bonchev–Trinajstić information content (AvgIpc) is 3.13. The Bertz CT molecular complexity index is 377. The lowest BCUT2D eigenvalue weighted by Crippen LogP contribution is -2.38. The van der Waals surface area contributed by atoms with Crippen molar-refractivity contribution in [1.82, 2.24) is 5.32 Å². The van der Waals surface area contributed by atoms with Crippen LogP contribution in [0.15, 0.2) is 30.3 Å². The van der Waals surface area contributed by atoms with E-state index in [0.29, 0.717) is 0 Å². The molecule has 0 atom stereocenters. The number of hydrogen-bond acceptors (Lipinski definition) is 1.